The van der Waals surface area contributed by atoms with Crippen LogP contribution in [0.2, 0.25) is 0 Å². The van der Waals surface area contributed by atoms with Gasteiger partial charge in [0, 0.05) is 53.3 Å². The molecule has 0 amide bonds. The van der Waals surface area contributed by atoms with Crippen molar-refractivity contribution >= 4 is 24.4 Å². The number of anilines is 1. The largest absolute Gasteiger partial charge is 0.524 e. The zero-order valence-electron chi connectivity index (χ0n) is 22.5. The minimum absolute atomic E-state index is 0.0827. The maximum Gasteiger partial charge on any atom is 0.524 e. The number of phosphoric ester groups is 1. The van der Waals surface area contributed by atoms with Gasteiger partial charge < -0.3 is 14.4 Å². The molecule has 41 heavy (non-hydrogen) atoms. The van der Waals surface area contributed by atoms with Crippen LogP contribution in [0.4, 0.5) is 5.69 Å². The van der Waals surface area contributed by atoms with Gasteiger partial charge in [-0.15, -0.1) is 0 Å². The first-order chi connectivity index (χ1) is 19.8. The second kappa shape index (κ2) is 11.4. The monoisotopic (exact) mass is 566 g/mol. The first-order valence-electron chi connectivity index (χ1n) is 13.7. The number of phosphoric acid groups is 1. The van der Waals surface area contributed by atoms with E-state index in [9.17, 15) is 19.1 Å². The third kappa shape index (κ3) is 6.13. The average Bonchev–Trinajstić information content (AvgIpc) is 3.50. The van der Waals surface area contributed by atoms with E-state index in [2.05, 4.69) is 9.88 Å². The molecule has 0 unspecified atom stereocenters. The summed E-state index contributed by atoms with van der Waals surface area (Å²) in [5, 5.41) is 0.606. The van der Waals surface area contributed by atoms with Crippen molar-refractivity contribution in [1.29, 1.82) is 0 Å². The van der Waals surface area contributed by atoms with Crippen LogP contribution in [-0.2, 0) is 17.4 Å². The van der Waals surface area contributed by atoms with Crippen molar-refractivity contribution < 1.29 is 18.9 Å². The van der Waals surface area contributed by atoms with Crippen LogP contribution in [0.15, 0.2) is 102 Å². The van der Waals surface area contributed by atoms with Gasteiger partial charge in [0.05, 0.1) is 5.69 Å². The van der Waals surface area contributed by atoms with Gasteiger partial charge >= 0.3 is 7.82 Å². The highest BCUT2D eigenvalue weighted by molar-refractivity contribution is 7.46. The summed E-state index contributed by atoms with van der Waals surface area (Å²) in [5.74, 6) is 0.0827. The lowest BCUT2D eigenvalue weighted by atomic mass is 9.89. The third-order valence-electron chi connectivity index (χ3n) is 7.59. The Morgan fingerprint density at radius 3 is 2.12 bits per heavy atom. The van der Waals surface area contributed by atoms with Gasteiger partial charge in [0.2, 0.25) is 0 Å². The number of aromatic amines is 1. The van der Waals surface area contributed by atoms with E-state index in [0.29, 0.717) is 40.6 Å². The first-order valence-corrected chi connectivity index (χ1v) is 15.3. The molecule has 0 bridgehead atoms. The zero-order chi connectivity index (χ0) is 28.4. The van der Waals surface area contributed by atoms with E-state index >= 15 is 0 Å². The smallest absolute Gasteiger partial charge is 0.404 e. The van der Waals surface area contributed by atoms with E-state index in [1.54, 1.807) is 12.1 Å². The summed E-state index contributed by atoms with van der Waals surface area (Å²) in [4.78, 5) is 38.9. The molecule has 0 spiro atoms. The van der Waals surface area contributed by atoms with Crippen molar-refractivity contribution in [2.75, 3.05) is 18.0 Å². The molecule has 1 saturated heterocycles. The van der Waals surface area contributed by atoms with E-state index in [1.165, 1.54) is 0 Å². The molecule has 7 nitrogen and oxygen atoms in total. The molecule has 6 rings (SSSR count). The number of benzene rings is 4. The van der Waals surface area contributed by atoms with Crippen LogP contribution in [0.25, 0.3) is 22.2 Å². The lowest BCUT2D eigenvalue weighted by Gasteiger charge is -2.21. The lowest BCUT2D eigenvalue weighted by Crippen LogP contribution is -2.18. The number of H-pyrrole nitrogens is 1. The molecular formula is C33H31N2O5P. The van der Waals surface area contributed by atoms with E-state index in [1.807, 2.05) is 84.9 Å². The molecule has 0 aliphatic carbocycles. The molecule has 4 aromatic carbocycles. The molecule has 0 atom stereocenters. The Morgan fingerprint density at radius 2 is 1.46 bits per heavy atom. The second-order valence-corrected chi connectivity index (χ2v) is 11.6. The minimum atomic E-state index is -4.85. The van der Waals surface area contributed by atoms with Crippen molar-refractivity contribution in [2.45, 2.75) is 25.7 Å². The second-order valence-electron chi connectivity index (χ2n) is 10.5. The summed E-state index contributed by atoms with van der Waals surface area (Å²) in [5.41, 5.74) is 6.41. The number of aromatic nitrogens is 1. The molecule has 2 heterocycles. The van der Waals surface area contributed by atoms with Gasteiger partial charge in [0.1, 0.15) is 5.75 Å². The maximum absolute atomic E-state index is 13.6. The number of nitrogens with zero attached hydrogens (tertiary/aromatic N) is 1. The van der Waals surface area contributed by atoms with E-state index in [4.69, 9.17) is 4.52 Å². The Bertz CT molecular complexity index is 1790. The number of hydrogen-bond donors (Lipinski definition) is 3. The normalized spacial score (nSPS) is 13.6. The number of hydrogen-bond acceptors (Lipinski definition) is 4. The highest BCUT2D eigenvalue weighted by Gasteiger charge is 2.24. The summed E-state index contributed by atoms with van der Waals surface area (Å²) in [6.45, 7) is 1.97. The molecule has 1 aliphatic heterocycles. The fourth-order valence-corrected chi connectivity index (χ4v) is 6.13. The summed E-state index contributed by atoms with van der Waals surface area (Å²) in [6, 6.07) is 30.6. The van der Waals surface area contributed by atoms with Crippen LogP contribution in [0, 0.1) is 0 Å². The number of nitrogens with one attached hydrogen (secondary N) is 1. The van der Waals surface area contributed by atoms with Crippen LogP contribution < -0.4 is 14.9 Å². The van der Waals surface area contributed by atoms with Crippen molar-refractivity contribution in [2.24, 2.45) is 0 Å². The highest BCUT2D eigenvalue weighted by Crippen LogP contribution is 2.44. The van der Waals surface area contributed by atoms with Gasteiger partial charge in [0.15, 0.2) is 5.43 Å². The molecule has 8 heteroatoms. The van der Waals surface area contributed by atoms with Crippen LogP contribution in [-0.4, -0.2) is 27.9 Å². The standard InChI is InChI=1S/C33H31N2O5P/c36-31-22-30(34-29-15-14-26(21-27(29)31)35-17-7-8-18-35)33-25(19-23-9-3-1-4-10-23)13-16-32(40-41(37,38)39)28(33)20-24-11-5-2-6-12-24/h1-6,9-16,21-22H,7-8,17-20H2,(H,34,36)(H2,37,38,39). The summed E-state index contributed by atoms with van der Waals surface area (Å²) < 4.78 is 17.2. The fourth-order valence-electron chi connectivity index (χ4n) is 5.71. The van der Waals surface area contributed by atoms with Gasteiger partial charge in [-0.3, -0.25) is 14.6 Å². The number of rotatable bonds is 8. The maximum atomic E-state index is 13.6. The van der Waals surface area contributed by atoms with E-state index in [0.717, 1.165) is 48.3 Å². The summed E-state index contributed by atoms with van der Waals surface area (Å²) in [7, 11) is -4.85. The molecule has 5 aromatic rings. The van der Waals surface area contributed by atoms with Gasteiger partial charge in [0.25, 0.3) is 0 Å². The lowest BCUT2D eigenvalue weighted by molar-refractivity contribution is 0.282. The van der Waals surface area contributed by atoms with Crippen molar-refractivity contribution in [3.63, 3.8) is 0 Å². The molecule has 1 aliphatic rings. The van der Waals surface area contributed by atoms with Crippen LogP contribution in [0.3, 0.4) is 0 Å². The Morgan fingerprint density at radius 1 is 0.805 bits per heavy atom. The van der Waals surface area contributed by atoms with Crippen molar-refractivity contribution in [1.82, 2.24) is 4.98 Å². The Labute approximate surface area is 238 Å². The third-order valence-corrected chi connectivity index (χ3v) is 8.02. The van der Waals surface area contributed by atoms with Crippen molar-refractivity contribution in [3.8, 4) is 17.0 Å². The first kappa shape index (κ1) is 27.0. The van der Waals surface area contributed by atoms with E-state index in [-0.39, 0.29) is 11.2 Å². The zero-order valence-corrected chi connectivity index (χ0v) is 23.4. The molecule has 0 saturated carbocycles. The molecule has 0 radical (unpaired) electrons. The van der Waals surface area contributed by atoms with Crippen molar-refractivity contribution in [3.05, 3.63) is 130 Å². The van der Waals surface area contributed by atoms with Gasteiger partial charge in [-0.2, -0.15) is 0 Å². The van der Waals surface area contributed by atoms with E-state index < -0.39 is 7.82 Å². The Kier molecular flexibility index (Phi) is 7.50. The topological polar surface area (TPSA) is 103 Å². The molecular weight excluding hydrogens is 535 g/mol. The Hall–Kier alpha value is -4.16. The predicted molar refractivity (Wildman–Crippen MR) is 163 cm³/mol. The van der Waals surface area contributed by atoms with Crippen LogP contribution in [0.5, 0.6) is 5.75 Å². The fraction of sp³-hybridized carbons (Fsp3) is 0.182. The Balaban J connectivity index is 1.56. The summed E-state index contributed by atoms with van der Waals surface area (Å²) in [6.07, 6.45) is 3.20. The van der Waals surface area contributed by atoms with Crippen LogP contribution >= 0.6 is 7.82 Å². The molecule has 1 fully saturated rings. The molecule has 3 N–H and O–H groups in total. The SMILES string of the molecule is O=c1cc(-c2c(Cc3ccccc3)ccc(OP(=O)(O)O)c2Cc2ccccc2)[nH]c2ccc(N3CCCC3)cc12. The highest BCUT2D eigenvalue weighted by atomic mass is 31.2. The van der Waals surface area contributed by atoms with Crippen LogP contribution in [0.1, 0.15) is 35.1 Å². The number of pyridine rings is 1. The molecule has 1 aromatic heterocycles. The van der Waals surface area contributed by atoms with Gasteiger partial charge in [-0.25, -0.2) is 4.57 Å². The van der Waals surface area contributed by atoms with Gasteiger partial charge in [-0.1, -0.05) is 66.7 Å². The molecule has 208 valence electrons. The average molecular weight is 567 g/mol. The summed E-state index contributed by atoms with van der Waals surface area (Å²) >= 11 is 0. The quantitative estimate of drug-likeness (QED) is 0.187. The predicted octanol–water partition coefficient (Wildman–Crippen LogP) is 6.45. The minimum Gasteiger partial charge on any atom is -0.404 e. The van der Waals surface area contributed by atoms with Gasteiger partial charge in [-0.05, 0) is 60.2 Å². The number of fused-ring (bicyclic) bond motifs is 1.